The molecule has 2 saturated heterocycles. The largest absolute Gasteiger partial charge is 0.342 e. The van der Waals surface area contributed by atoms with Crippen LogP contribution in [0.4, 0.5) is 4.39 Å². The van der Waals surface area contributed by atoms with Crippen LogP contribution in [0.15, 0.2) is 24.3 Å². The predicted octanol–water partition coefficient (Wildman–Crippen LogP) is 4.27. The van der Waals surface area contributed by atoms with Gasteiger partial charge >= 0.3 is 0 Å². The third kappa shape index (κ3) is 3.02. The Morgan fingerprint density at radius 2 is 2.09 bits per heavy atom. The summed E-state index contributed by atoms with van der Waals surface area (Å²) in [7, 11) is 0. The number of hydrogen-bond donors (Lipinski definition) is 0. The van der Waals surface area contributed by atoms with Gasteiger partial charge in [0.2, 0.25) is 5.91 Å². The molecule has 0 spiro atoms. The Morgan fingerprint density at radius 1 is 1.26 bits per heavy atom. The van der Waals surface area contributed by atoms with E-state index in [1.54, 1.807) is 12.1 Å². The Balaban J connectivity index is 1.35. The van der Waals surface area contributed by atoms with E-state index in [-0.39, 0.29) is 17.0 Å². The Morgan fingerprint density at radius 3 is 2.83 bits per heavy atom. The van der Waals surface area contributed by atoms with Crippen molar-refractivity contribution in [1.82, 2.24) is 4.90 Å². The van der Waals surface area contributed by atoms with Crippen molar-refractivity contribution in [3.05, 3.63) is 35.6 Å². The van der Waals surface area contributed by atoms with Crippen molar-refractivity contribution in [2.24, 2.45) is 17.8 Å². The number of halogens is 1. The molecule has 1 saturated carbocycles. The van der Waals surface area contributed by atoms with Crippen molar-refractivity contribution in [1.29, 1.82) is 0 Å². The molecule has 2 nitrogen and oxygen atoms in total. The summed E-state index contributed by atoms with van der Waals surface area (Å²) in [6.07, 6.45) is 4.35. The lowest BCUT2D eigenvalue weighted by molar-refractivity contribution is -0.131. The molecule has 4 rings (SSSR count). The zero-order valence-electron chi connectivity index (χ0n) is 13.6. The highest BCUT2D eigenvalue weighted by atomic mass is 32.2. The van der Waals surface area contributed by atoms with E-state index in [1.807, 2.05) is 23.9 Å². The van der Waals surface area contributed by atoms with Crippen LogP contribution in [0, 0.1) is 23.6 Å². The predicted molar refractivity (Wildman–Crippen MR) is 91.7 cm³/mol. The van der Waals surface area contributed by atoms with Crippen molar-refractivity contribution < 1.29 is 9.18 Å². The number of benzene rings is 1. The van der Waals surface area contributed by atoms with Crippen molar-refractivity contribution in [3.8, 4) is 0 Å². The summed E-state index contributed by atoms with van der Waals surface area (Å²) >= 11 is 1.90. The number of amides is 1. The van der Waals surface area contributed by atoms with E-state index in [4.69, 9.17) is 0 Å². The molecule has 0 aromatic heterocycles. The Labute approximate surface area is 141 Å². The van der Waals surface area contributed by atoms with E-state index in [0.29, 0.717) is 23.0 Å². The third-order valence-corrected chi connectivity index (χ3v) is 7.43. The first-order valence-corrected chi connectivity index (χ1v) is 9.76. The summed E-state index contributed by atoms with van der Waals surface area (Å²) in [5, 5.41) is 0.804. The molecule has 1 aliphatic carbocycles. The second-order valence-corrected chi connectivity index (χ2v) is 8.89. The first-order chi connectivity index (χ1) is 11.1. The van der Waals surface area contributed by atoms with Gasteiger partial charge in [-0.3, -0.25) is 4.79 Å². The van der Waals surface area contributed by atoms with E-state index in [9.17, 15) is 9.18 Å². The molecular weight excluding hydrogens is 309 g/mol. The lowest BCUT2D eigenvalue weighted by Crippen LogP contribution is -2.30. The Hall–Kier alpha value is -1.03. The lowest BCUT2D eigenvalue weighted by Gasteiger charge is -2.17. The molecule has 0 bridgehead atoms. The van der Waals surface area contributed by atoms with E-state index >= 15 is 0 Å². The molecular formula is C19H24FNOS. The molecule has 4 heteroatoms. The van der Waals surface area contributed by atoms with Crippen LogP contribution < -0.4 is 0 Å². The molecule has 124 valence electrons. The Bertz CT molecular complexity index is 607. The first-order valence-electron chi connectivity index (χ1n) is 8.82. The van der Waals surface area contributed by atoms with E-state index < -0.39 is 0 Å². The normalized spacial score (nSPS) is 36.4. The number of thioether (sulfide) groups is 1. The van der Waals surface area contributed by atoms with Gasteiger partial charge in [0.15, 0.2) is 0 Å². The van der Waals surface area contributed by atoms with Crippen LogP contribution in [-0.4, -0.2) is 29.1 Å². The minimum atomic E-state index is -0.0832. The van der Waals surface area contributed by atoms with Crippen molar-refractivity contribution in [2.45, 2.75) is 43.1 Å². The molecule has 5 atom stereocenters. The van der Waals surface area contributed by atoms with Gasteiger partial charge in [0.1, 0.15) is 5.82 Å². The van der Waals surface area contributed by atoms with E-state index in [0.717, 1.165) is 44.3 Å². The molecule has 3 aliphatic rings. The summed E-state index contributed by atoms with van der Waals surface area (Å²) in [4.78, 5) is 14.7. The van der Waals surface area contributed by atoms with Gasteiger partial charge in [0, 0.05) is 35.1 Å². The maximum Gasteiger partial charge on any atom is 0.226 e. The van der Waals surface area contributed by atoms with Crippen LogP contribution in [0.5, 0.6) is 0 Å². The van der Waals surface area contributed by atoms with Gasteiger partial charge in [-0.15, -0.1) is 11.8 Å². The average molecular weight is 333 g/mol. The fourth-order valence-corrected chi connectivity index (χ4v) is 6.03. The molecule has 2 aliphatic heterocycles. The molecule has 23 heavy (non-hydrogen) atoms. The SMILES string of the molecule is CC1CCN(C(=O)C2CC2C2CCC(c3ccccc3F)S2)C1. The van der Waals surface area contributed by atoms with Crippen molar-refractivity contribution >= 4 is 17.7 Å². The molecule has 1 aromatic carbocycles. The second-order valence-electron chi connectivity index (χ2n) is 7.45. The quantitative estimate of drug-likeness (QED) is 0.823. The summed E-state index contributed by atoms with van der Waals surface area (Å²) in [5.41, 5.74) is 0.844. The van der Waals surface area contributed by atoms with Crippen molar-refractivity contribution in [3.63, 3.8) is 0 Å². The van der Waals surface area contributed by atoms with Gasteiger partial charge in [-0.1, -0.05) is 25.1 Å². The molecule has 3 fully saturated rings. The average Bonchev–Trinajstić information content (AvgIpc) is 2.98. The maximum absolute atomic E-state index is 14.0. The van der Waals surface area contributed by atoms with Crippen molar-refractivity contribution in [2.75, 3.05) is 13.1 Å². The van der Waals surface area contributed by atoms with Crippen LogP contribution in [0.3, 0.4) is 0 Å². The lowest BCUT2D eigenvalue weighted by atomic mass is 10.0. The number of nitrogens with zero attached hydrogens (tertiary/aromatic N) is 1. The molecule has 1 aromatic rings. The fourth-order valence-electron chi connectivity index (χ4n) is 4.22. The minimum absolute atomic E-state index is 0.0832. The monoisotopic (exact) mass is 333 g/mol. The molecule has 1 amide bonds. The molecule has 0 N–H and O–H groups in total. The fraction of sp³-hybridized carbons (Fsp3) is 0.632. The van der Waals surface area contributed by atoms with Gasteiger partial charge < -0.3 is 4.90 Å². The first kappa shape index (κ1) is 15.5. The highest BCUT2D eigenvalue weighted by Gasteiger charge is 2.51. The number of hydrogen-bond acceptors (Lipinski definition) is 2. The number of likely N-dealkylation sites (tertiary alicyclic amines) is 1. The van der Waals surface area contributed by atoms with Crippen LogP contribution in [0.2, 0.25) is 0 Å². The van der Waals surface area contributed by atoms with Gasteiger partial charge in [0.05, 0.1) is 0 Å². The van der Waals surface area contributed by atoms with Crippen LogP contribution in [-0.2, 0) is 4.79 Å². The maximum atomic E-state index is 14.0. The smallest absolute Gasteiger partial charge is 0.226 e. The van der Waals surface area contributed by atoms with Crippen LogP contribution in [0.1, 0.15) is 43.4 Å². The third-order valence-electron chi connectivity index (χ3n) is 5.67. The summed E-state index contributed by atoms with van der Waals surface area (Å²) in [5.74, 6) is 1.73. The Kier molecular flexibility index (Phi) is 4.12. The van der Waals surface area contributed by atoms with E-state index in [1.165, 1.54) is 0 Å². The standard InChI is InChI=1S/C19H24FNOS/c1-12-8-9-21(11-12)19(22)15-10-14(15)18-7-6-17(23-18)13-4-2-3-5-16(13)20/h2-5,12,14-15,17-18H,6-11H2,1H3. The summed E-state index contributed by atoms with van der Waals surface area (Å²) < 4.78 is 14.0. The zero-order chi connectivity index (χ0) is 16.0. The number of carbonyl (C=O) groups is 1. The molecule has 0 radical (unpaired) electrons. The highest BCUT2D eigenvalue weighted by Crippen LogP contribution is 2.56. The zero-order valence-corrected chi connectivity index (χ0v) is 14.4. The number of rotatable bonds is 3. The van der Waals surface area contributed by atoms with Crippen LogP contribution >= 0.6 is 11.8 Å². The minimum Gasteiger partial charge on any atom is -0.342 e. The van der Waals surface area contributed by atoms with Crippen LogP contribution in [0.25, 0.3) is 0 Å². The second kappa shape index (κ2) is 6.12. The molecule has 2 heterocycles. The van der Waals surface area contributed by atoms with Gasteiger partial charge in [-0.2, -0.15) is 0 Å². The summed E-state index contributed by atoms with van der Waals surface area (Å²) in [6.45, 7) is 4.11. The topological polar surface area (TPSA) is 20.3 Å². The highest BCUT2D eigenvalue weighted by molar-refractivity contribution is 8.00. The summed E-state index contributed by atoms with van der Waals surface area (Å²) in [6, 6.07) is 7.14. The van der Waals surface area contributed by atoms with E-state index in [2.05, 4.69) is 11.8 Å². The van der Waals surface area contributed by atoms with Gasteiger partial charge in [0.25, 0.3) is 0 Å². The van der Waals surface area contributed by atoms with Gasteiger partial charge in [-0.25, -0.2) is 4.39 Å². The molecule has 5 unspecified atom stereocenters. The van der Waals surface area contributed by atoms with Gasteiger partial charge in [-0.05, 0) is 43.6 Å². The number of carbonyl (C=O) groups excluding carboxylic acids is 1.